The average Bonchev–Trinajstić information content (AvgIpc) is 2.32. The van der Waals surface area contributed by atoms with Gasteiger partial charge in [0.1, 0.15) is 0 Å². The standard InChI is InChI=1S/C12H14.C2H4S.C2H6/c1-4-5-9-12-10(2)7-6-8-11(12)3;1-2-3;1-2/h4-9H,1H2,2-3H3;2H,1H3;1-2H3/b9-5-;;. The summed E-state index contributed by atoms with van der Waals surface area (Å²) in [4.78, 5) is 0. The lowest BCUT2D eigenvalue weighted by Gasteiger charge is -2.03. The highest BCUT2D eigenvalue weighted by Crippen LogP contribution is 2.14. The normalized spacial score (nSPS) is 8.53. The molecule has 0 nitrogen and oxygen atoms in total. The molecule has 0 radical (unpaired) electrons. The van der Waals surface area contributed by atoms with E-state index in [0.717, 1.165) is 0 Å². The third-order valence-corrected chi connectivity index (χ3v) is 1.94. The Balaban J connectivity index is 0. The van der Waals surface area contributed by atoms with Gasteiger partial charge >= 0.3 is 0 Å². The minimum atomic E-state index is 1.30. The number of allylic oxidation sites excluding steroid dienone is 2. The molecule has 1 heteroatoms. The predicted molar refractivity (Wildman–Crippen MR) is 85.8 cm³/mol. The van der Waals surface area contributed by atoms with Crippen molar-refractivity contribution in [2.45, 2.75) is 34.6 Å². The molecule has 1 aromatic carbocycles. The van der Waals surface area contributed by atoms with Gasteiger partial charge in [-0.15, -0.1) is 0 Å². The van der Waals surface area contributed by atoms with Crippen LogP contribution >= 0.6 is 12.2 Å². The van der Waals surface area contributed by atoms with Gasteiger partial charge in [-0.2, -0.15) is 0 Å². The fourth-order valence-electron chi connectivity index (χ4n) is 1.25. The largest absolute Gasteiger partial charge is 0.0991 e. The molecule has 0 bridgehead atoms. The molecular weight excluding hydrogens is 224 g/mol. The maximum atomic E-state index is 4.27. The molecule has 0 aliphatic rings. The molecule has 0 atom stereocenters. The van der Waals surface area contributed by atoms with Crippen molar-refractivity contribution < 1.29 is 0 Å². The Labute approximate surface area is 112 Å². The third kappa shape index (κ3) is 8.58. The van der Waals surface area contributed by atoms with E-state index in [-0.39, 0.29) is 0 Å². The first-order chi connectivity index (χ1) is 8.17. The van der Waals surface area contributed by atoms with Crippen molar-refractivity contribution in [1.82, 2.24) is 0 Å². The summed E-state index contributed by atoms with van der Waals surface area (Å²) < 4.78 is 0. The summed E-state index contributed by atoms with van der Waals surface area (Å²) in [5.74, 6) is 0. The lowest BCUT2D eigenvalue weighted by atomic mass is 10.0. The van der Waals surface area contributed by atoms with Crippen LogP contribution in [0, 0.1) is 13.8 Å². The van der Waals surface area contributed by atoms with Gasteiger partial charge in [0.25, 0.3) is 0 Å². The summed E-state index contributed by atoms with van der Waals surface area (Å²) in [7, 11) is 0. The predicted octanol–water partition coefficient (Wildman–Crippen LogP) is 5.53. The summed E-state index contributed by atoms with van der Waals surface area (Å²) >= 11 is 4.27. The highest BCUT2D eigenvalue weighted by atomic mass is 32.1. The minimum absolute atomic E-state index is 1.30. The number of aryl methyl sites for hydroxylation is 2. The van der Waals surface area contributed by atoms with E-state index in [1.54, 1.807) is 11.4 Å². The Bertz CT molecular complexity index is 328. The molecule has 0 unspecified atom stereocenters. The molecule has 0 amide bonds. The Morgan fingerprint density at radius 2 is 1.53 bits per heavy atom. The lowest BCUT2D eigenvalue weighted by Crippen LogP contribution is -1.84. The molecule has 0 saturated carbocycles. The lowest BCUT2D eigenvalue weighted by molar-refractivity contribution is 1.36. The summed E-state index contributed by atoms with van der Waals surface area (Å²) in [6, 6.07) is 6.32. The maximum absolute atomic E-state index is 4.27. The Hall–Kier alpha value is -1.21. The van der Waals surface area contributed by atoms with E-state index in [4.69, 9.17) is 0 Å². The van der Waals surface area contributed by atoms with E-state index in [9.17, 15) is 0 Å². The highest BCUT2D eigenvalue weighted by molar-refractivity contribution is 7.78. The van der Waals surface area contributed by atoms with Crippen LogP contribution in [0.1, 0.15) is 37.5 Å². The molecule has 0 aromatic heterocycles. The molecule has 0 heterocycles. The molecule has 1 rings (SSSR count). The first-order valence-corrected chi connectivity index (χ1v) is 6.39. The van der Waals surface area contributed by atoms with Crippen molar-refractivity contribution in [3.8, 4) is 0 Å². The van der Waals surface area contributed by atoms with E-state index < -0.39 is 0 Å². The van der Waals surface area contributed by atoms with E-state index in [2.05, 4.69) is 56.9 Å². The van der Waals surface area contributed by atoms with Gasteiger partial charge in [0.2, 0.25) is 0 Å². The molecule has 0 aliphatic heterocycles. The fraction of sp³-hybridized carbons (Fsp3) is 0.312. The van der Waals surface area contributed by atoms with Gasteiger partial charge in [-0.25, -0.2) is 0 Å². The Morgan fingerprint density at radius 1 is 1.12 bits per heavy atom. The molecule has 0 saturated heterocycles. The summed E-state index contributed by atoms with van der Waals surface area (Å²) in [5, 5.41) is 1.58. The van der Waals surface area contributed by atoms with Crippen molar-refractivity contribution in [3.63, 3.8) is 0 Å². The first-order valence-electron chi connectivity index (χ1n) is 5.92. The second-order valence-corrected chi connectivity index (χ2v) is 3.61. The molecule has 17 heavy (non-hydrogen) atoms. The van der Waals surface area contributed by atoms with Crippen LogP contribution in [0.5, 0.6) is 0 Å². The van der Waals surface area contributed by atoms with Gasteiger partial charge in [0.05, 0.1) is 0 Å². The first kappa shape index (κ1) is 18.2. The Morgan fingerprint density at radius 3 is 1.88 bits per heavy atom. The summed E-state index contributed by atoms with van der Waals surface area (Å²) in [6.07, 6.45) is 5.86. The molecular formula is C16H24S. The smallest absolute Gasteiger partial charge is 0.0198 e. The van der Waals surface area contributed by atoms with Crippen molar-refractivity contribution in [2.24, 2.45) is 0 Å². The topological polar surface area (TPSA) is 0 Å². The molecule has 0 spiro atoms. The average molecular weight is 248 g/mol. The van der Waals surface area contributed by atoms with Crippen LogP contribution in [-0.4, -0.2) is 5.37 Å². The van der Waals surface area contributed by atoms with Gasteiger partial charge in [-0.3, -0.25) is 0 Å². The number of thiocarbonyl (C=S) groups is 1. The highest BCUT2D eigenvalue weighted by Gasteiger charge is 1.95. The van der Waals surface area contributed by atoms with Gasteiger partial charge in [-0.1, -0.05) is 69.1 Å². The maximum Gasteiger partial charge on any atom is -0.0198 e. The van der Waals surface area contributed by atoms with Crippen LogP contribution in [0.2, 0.25) is 0 Å². The van der Waals surface area contributed by atoms with Crippen LogP contribution < -0.4 is 0 Å². The zero-order chi connectivity index (χ0) is 13.7. The second-order valence-electron chi connectivity index (χ2n) is 3.14. The van der Waals surface area contributed by atoms with Crippen molar-refractivity contribution in [1.29, 1.82) is 0 Å². The molecule has 94 valence electrons. The van der Waals surface area contributed by atoms with E-state index in [1.165, 1.54) is 16.7 Å². The fourth-order valence-corrected chi connectivity index (χ4v) is 1.25. The number of rotatable bonds is 2. The number of benzene rings is 1. The van der Waals surface area contributed by atoms with Crippen molar-refractivity contribution >= 4 is 23.7 Å². The molecule has 0 aliphatic carbocycles. The van der Waals surface area contributed by atoms with Gasteiger partial charge in [-0.05, 0) is 42.8 Å². The van der Waals surface area contributed by atoms with Gasteiger partial charge in [0.15, 0.2) is 0 Å². The quantitative estimate of drug-likeness (QED) is 0.489. The van der Waals surface area contributed by atoms with Crippen LogP contribution in [0.3, 0.4) is 0 Å². The summed E-state index contributed by atoms with van der Waals surface area (Å²) in [6.45, 7) is 13.7. The number of hydrogen-bond donors (Lipinski definition) is 0. The SMILES string of the molecule is C=C/C=C\c1c(C)cccc1C.CC.CC=S. The van der Waals surface area contributed by atoms with E-state index >= 15 is 0 Å². The monoisotopic (exact) mass is 248 g/mol. The zero-order valence-corrected chi connectivity index (χ0v) is 12.5. The summed E-state index contributed by atoms with van der Waals surface area (Å²) in [5.41, 5.74) is 3.93. The van der Waals surface area contributed by atoms with Crippen LogP contribution in [-0.2, 0) is 0 Å². The zero-order valence-electron chi connectivity index (χ0n) is 11.7. The van der Waals surface area contributed by atoms with E-state index in [0.29, 0.717) is 0 Å². The van der Waals surface area contributed by atoms with Gasteiger partial charge in [0, 0.05) is 0 Å². The Kier molecular flexibility index (Phi) is 13.7. The van der Waals surface area contributed by atoms with Crippen LogP contribution in [0.25, 0.3) is 6.08 Å². The van der Waals surface area contributed by atoms with Crippen molar-refractivity contribution in [2.75, 3.05) is 0 Å². The van der Waals surface area contributed by atoms with E-state index in [1.807, 2.05) is 26.8 Å². The minimum Gasteiger partial charge on any atom is -0.0991 e. The molecule has 0 N–H and O–H groups in total. The van der Waals surface area contributed by atoms with Crippen LogP contribution in [0.4, 0.5) is 0 Å². The van der Waals surface area contributed by atoms with Gasteiger partial charge < -0.3 is 0 Å². The van der Waals surface area contributed by atoms with Crippen molar-refractivity contribution in [3.05, 3.63) is 53.6 Å². The third-order valence-electron chi connectivity index (χ3n) is 1.94. The molecule has 0 fully saturated rings. The number of hydrogen-bond acceptors (Lipinski definition) is 1. The second kappa shape index (κ2) is 12.9. The molecule has 1 aromatic rings. The van der Waals surface area contributed by atoms with Crippen LogP contribution in [0.15, 0.2) is 36.9 Å².